The van der Waals surface area contributed by atoms with Crippen molar-refractivity contribution >= 4 is 5.91 Å². The van der Waals surface area contributed by atoms with Crippen LogP contribution in [0.2, 0.25) is 0 Å². The summed E-state index contributed by atoms with van der Waals surface area (Å²) in [6.07, 6.45) is 2.32. The highest BCUT2D eigenvalue weighted by atomic mass is 16.2. The molecule has 0 aromatic heterocycles. The number of rotatable bonds is 3. The third-order valence-electron chi connectivity index (χ3n) is 3.83. The molecule has 2 fully saturated rings. The molecule has 2 aliphatic rings. The van der Waals surface area contributed by atoms with Gasteiger partial charge in [0.25, 0.3) is 0 Å². The minimum absolute atomic E-state index is 0.173. The lowest BCUT2D eigenvalue weighted by Gasteiger charge is -2.25. The topological polar surface area (TPSA) is 46.3 Å². The van der Waals surface area contributed by atoms with E-state index in [-0.39, 0.29) is 11.9 Å². The number of nitrogens with two attached hydrogens (primary N) is 1. The quantitative estimate of drug-likeness (QED) is 0.727. The highest BCUT2D eigenvalue weighted by Crippen LogP contribution is 2.45. The van der Waals surface area contributed by atoms with Gasteiger partial charge in [-0.2, -0.15) is 0 Å². The molecule has 1 aliphatic heterocycles. The van der Waals surface area contributed by atoms with Crippen molar-refractivity contribution in [2.75, 3.05) is 13.1 Å². The van der Waals surface area contributed by atoms with E-state index in [4.69, 9.17) is 5.73 Å². The van der Waals surface area contributed by atoms with E-state index in [2.05, 4.69) is 13.8 Å². The molecule has 0 aromatic carbocycles. The molecule has 2 N–H and O–H groups in total. The van der Waals surface area contributed by atoms with E-state index in [1.807, 2.05) is 4.90 Å². The third-order valence-corrected chi connectivity index (χ3v) is 3.83. The summed E-state index contributed by atoms with van der Waals surface area (Å²) in [7, 11) is 0. The van der Waals surface area contributed by atoms with E-state index in [0.29, 0.717) is 5.92 Å². The summed E-state index contributed by atoms with van der Waals surface area (Å²) in [5.74, 6) is 2.09. The molecule has 3 heteroatoms. The van der Waals surface area contributed by atoms with E-state index in [1.165, 1.54) is 6.42 Å². The molecule has 3 unspecified atom stereocenters. The summed E-state index contributed by atoms with van der Waals surface area (Å²) < 4.78 is 0. The number of hydrogen-bond acceptors (Lipinski definition) is 2. The van der Waals surface area contributed by atoms with Crippen molar-refractivity contribution in [3.63, 3.8) is 0 Å². The normalized spacial score (nSPS) is 33.8. The first-order valence-electron chi connectivity index (χ1n) is 5.67. The Kier molecular flexibility index (Phi) is 2.52. The first-order valence-corrected chi connectivity index (χ1v) is 5.67. The summed E-state index contributed by atoms with van der Waals surface area (Å²) in [5, 5.41) is 0. The van der Waals surface area contributed by atoms with Gasteiger partial charge < -0.3 is 10.6 Å². The lowest BCUT2D eigenvalue weighted by Crippen LogP contribution is -2.46. The predicted octanol–water partition coefficient (Wildman–Crippen LogP) is 0.838. The van der Waals surface area contributed by atoms with Gasteiger partial charge in [0.15, 0.2) is 0 Å². The van der Waals surface area contributed by atoms with Crippen molar-refractivity contribution < 1.29 is 4.79 Å². The van der Waals surface area contributed by atoms with Crippen LogP contribution in [0.15, 0.2) is 0 Å². The van der Waals surface area contributed by atoms with Crippen LogP contribution in [0.4, 0.5) is 0 Å². The number of carbonyl (C=O) groups excluding carboxylic acids is 1. The number of nitrogens with zero attached hydrogens (tertiary/aromatic N) is 1. The van der Waals surface area contributed by atoms with Gasteiger partial charge in [-0.1, -0.05) is 20.3 Å². The van der Waals surface area contributed by atoms with Crippen LogP contribution in [0.1, 0.15) is 26.7 Å². The molecule has 0 aromatic rings. The monoisotopic (exact) mass is 196 g/mol. The molecule has 0 bridgehead atoms. The molecular weight excluding hydrogens is 176 g/mol. The maximum absolute atomic E-state index is 11.9. The van der Waals surface area contributed by atoms with Gasteiger partial charge in [0, 0.05) is 13.1 Å². The molecule has 0 spiro atoms. The molecular formula is C11H20N2O. The van der Waals surface area contributed by atoms with Crippen LogP contribution >= 0.6 is 0 Å². The first-order chi connectivity index (χ1) is 6.63. The average Bonchev–Trinajstić information content (AvgIpc) is 2.82. The number of likely N-dealkylation sites (tertiary alicyclic amines) is 1. The summed E-state index contributed by atoms with van der Waals surface area (Å²) >= 11 is 0. The molecule has 1 heterocycles. The van der Waals surface area contributed by atoms with Gasteiger partial charge in [0.2, 0.25) is 5.91 Å². The predicted molar refractivity (Wildman–Crippen MR) is 55.6 cm³/mol. The van der Waals surface area contributed by atoms with Crippen LogP contribution in [0.3, 0.4) is 0 Å². The molecule has 2 rings (SSSR count). The van der Waals surface area contributed by atoms with Gasteiger partial charge in [0.1, 0.15) is 0 Å². The fraction of sp³-hybridized carbons (Fsp3) is 0.909. The SMILES string of the molecule is CC[C@H](C)C(N)C(=O)N1CC2CC2C1. The summed E-state index contributed by atoms with van der Waals surface area (Å²) in [6, 6.07) is -0.280. The van der Waals surface area contributed by atoms with Gasteiger partial charge in [0.05, 0.1) is 6.04 Å². The third kappa shape index (κ3) is 1.65. The van der Waals surface area contributed by atoms with Crippen LogP contribution in [-0.4, -0.2) is 29.9 Å². The number of hydrogen-bond donors (Lipinski definition) is 1. The zero-order valence-corrected chi connectivity index (χ0v) is 9.07. The lowest BCUT2D eigenvalue weighted by molar-refractivity contribution is -0.133. The molecule has 14 heavy (non-hydrogen) atoms. The summed E-state index contributed by atoms with van der Waals surface area (Å²) in [4.78, 5) is 13.9. The Bertz CT molecular complexity index is 227. The van der Waals surface area contributed by atoms with E-state index in [0.717, 1.165) is 31.3 Å². The molecule has 4 atom stereocenters. The number of piperidine rings is 1. The van der Waals surface area contributed by atoms with Crippen LogP contribution in [0, 0.1) is 17.8 Å². The van der Waals surface area contributed by atoms with E-state index >= 15 is 0 Å². The zero-order chi connectivity index (χ0) is 10.3. The molecule has 1 saturated carbocycles. The van der Waals surface area contributed by atoms with Gasteiger partial charge in [-0.15, -0.1) is 0 Å². The van der Waals surface area contributed by atoms with E-state index < -0.39 is 0 Å². The van der Waals surface area contributed by atoms with Crippen molar-refractivity contribution in [1.82, 2.24) is 4.90 Å². The van der Waals surface area contributed by atoms with Crippen LogP contribution < -0.4 is 5.73 Å². The summed E-state index contributed by atoms with van der Waals surface area (Å²) in [6.45, 7) is 6.07. The van der Waals surface area contributed by atoms with E-state index in [1.54, 1.807) is 0 Å². The van der Waals surface area contributed by atoms with Crippen LogP contribution in [0.5, 0.6) is 0 Å². The van der Waals surface area contributed by atoms with Crippen molar-refractivity contribution in [3.8, 4) is 0 Å². The first kappa shape index (κ1) is 9.97. The Morgan fingerprint density at radius 2 is 2.07 bits per heavy atom. The second-order valence-electron chi connectivity index (χ2n) is 4.91. The van der Waals surface area contributed by atoms with Crippen LogP contribution in [-0.2, 0) is 4.79 Å². The van der Waals surface area contributed by atoms with Crippen molar-refractivity contribution in [2.45, 2.75) is 32.7 Å². The standard InChI is InChI=1S/C11H20N2O/c1-3-7(2)10(12)11(14)13-5-8-4-9(8)6-13/h7-10H,3-6,12H2,1-2H3/t7-,8?,9?,10?/m0/s1. The molecule has 80 valence electrons. The van der Waals surface area contributed by atoms with Crippen molar-refractivity contribution in [2.24, 2.45) is 23.5 Å². The number of amides is 1. The van der Waals surface area contributed by atoms with E-state index in [9.17, 15) is 4.79 Å². The highest BCUT2D eigenvalue weighted by Gasteiger charge is 2.47. The smallest absolute Gasteiger partial charge is 0.239 e. The van der Waals surface area contributed by atoms with Gasteiger partial charge in [-0.3, -0.25) is 4.79 Å². The van der Waals surface area contributed by atoms with Crippen LogP contribution in [0.25, 0.3) is 0 Å². The molecule has 1 amide bonds. The number of carbonyl (C=O) groups is 1. The molecule has 3 nitrogen and oxygen atoms in total. The largest absolute Gasteiger partial charge is 0.341 e. The van der Waals surface area contributed by atoms with Crippen molar-refractivity contribution in [1.29, 1.82) is 0 Å². The Labute approximate surface area is 85.6 Å². The molecule has 0 radical (unpaired) electrons. The van der Waals surface area contributed by atoms with Crippen molar-refractivity contribution in [3.05, 3.63) is 0 Å². The van der Waals surface area contributed by atoms with Gasteiger partial charge in [-0.25, -0.2) is 0 Å². The fourth-order valence-electron chi connectivity index (χ4n) is 2.29. The number of fused-ring (bicyclic) bond motifs is 1. The second-order valence-corrected chi connectivity index (χ2v) is 4.91. The van der Waals surface area contributed by atoms with Gasteiger partial charge >= 0.3 is 0 Å². The summed E-state index contributed by atoms with van der Waals surface area (Å²) in [5.41, 5.74) is 5.92. The molecule has 1 saturated heterocycles. The Hall–Kier alpha value is -0.570. The fourth-order valence-corrected chi connectivity index (χ4v) is 2.29. The minimum Gasteiger partial charge on any atom is -0.341 e. The highest BCUT2D eigenvalue weighted by molar-refractivity contribution is 5.82. The lowest BCUT2D eigenvalue weighted by atomic mass is 9.99. The Morgan fingerprint density at radius 1 is 1.50 bits per heavy atom. The molecule has 1 aliphatic carbocycles. The maximum Gasteiger partial charge on any atom is 0.239 e. The zero-order valence-electron chi connectivity index (χ0n) is 9.07. The average molecular weight is 196 g/mol. The Balaban J connectivity index is 1.88. The maximum atomic E-state index is 11.9. The van der Waals surface area contributed by atoms with Gasteiger partial charge in [-0.05, 0) is 24.2 Å². The minimum atomic E-state index is -0.280. The second kappa shape index (κ2) is 3.54. The Morgan fingerprint density at radius 3 is 2.57 bits per heavy atom.